The maximum atomic E-state index is 13.3. The number of aromatic nitrogens is 1. The van der Waals surface area contributed by atoms with E-state index >= 15 is 0 Å². The Morgan fingerprint density at radius 3 is 2.76 bits per heavy atom. The summed E-state index contributed by atoms with van der Waals surface area (Å²) in [7, 11) is 1.82. The fourth-order valence-corrected chi connectivity index (χ4v) is 2.19. The highest BCUT2D eigenvalue weighted by molar-refractivity contribution is 6.35. The van der Waals surface area contributed by atoms with Crippen LogP contribution in [0, 0.1) is 5.82 Å². The second-order valence-electron chi connectivity index (χ2n) is 3.96. The highest BCUT2D eigenvalue weighted by Crippen LogP contribution is 2.27. The van der Waals surface area contributed by atoms with E-state index in [1.807, 2.05) is 13.1 Å². The highest BCUT2D eigenvalue weighted by atomic mass is 35.5. The quantitative estimate of drug-likeness (QED) is 0.892. The van der Waals surface area contributed by atoms with E-state index in [2.05, 4.69) is 17.2 Å². The van der Waals surface area contributed by atoms with Gasteiger partial charge >= 0.3 is 0 Å². The lowest BCUT2D eigenvalue weighted by atomic mass is 10.1. The molecule has 0 unspecified atom stereocenters. The number of pyridine rings is 1. The van der Waals surface area contributed by atoms with E-state index in [-0.39, 0.29) is 5.82 Å². The predicted molar refractivity (Wildman–Crippen MR) is 70.3 cm³/mol. The summed E-state index contributed by atoms with van der Waals surface area (Å²) in [6.07, 6.45) is 1.93. The average Bonchev–Trinajstić information content (AvgIpc) is 2.28. The molecule has 0 saturated heterocycles. The molecule has 0 saturated carbocycles. The van der Waals surface area contributed by atoms with Crippen molar-refractivity contribution in [3.63, 3.8) is 0 Å². The number of aryl methyl sites for hydroxylation is 1. The Bertz CT molecular complexity index is 555. The van der Waals surface area contributed by atoms with E-state index in [9.17, 15) is 4.39 Å². The third-order valence-corrected chi connectivity index (χ3v) is 2.96. The van der Waals surface area contributed by atoms with Gasteiger partial charge in [-0.05, 0) is 30.2 Å². The molecule has 0 bridgehead atoms. The van der Waals surface area contributed by atoms with Crippen LogP contribution in [0.3, 0.4) is 0 Å². The molecule has 0 aliphatic heterocycles. The van der Waals surface area contributed by atoms with Crippen LogP contribution in [-0.4, -0.2) is 12.0 Å². The zero-order chi connectivity index (χ0) is 12.4. The van der Waals surface area contributed by atoms with Crippen molar-refractivity contribution in [2.45, 2.75) is 19.8 Å². The second-order valence-corrected chi connectivity index (χ2v) is 4.36. The molecule has 0 radical (unpaired) electrons. The van der Waals surface area contributed by atoms with Gasteiger partial charge in [-0.3, -0.25) is 0 Å². The number of rotatable bonds is 3. The van der Waals surface area contributed by atoms with E-state index < -0.39 is 0 Å². The number of hydrogen-bond acceptors (Lipinski definition) is 2. The van der Waals surface area contributed by atoms with Crippen LogP contribution >= 0.6 is 11.6 Å². The summed E-state index contributed by atoms with van der Waals surface area (Å²) < 4.78 is 13.3. The molecule has 2 rings (SSSR count). The Hall–Kier alpha value is -1.35. The Balaban J connectivity index is 2.69. The first-order valence-electron chi connectivity index (χ1n) is 5.62. The first kappa shape index (κ1) is 12.1. The predicted octanol–water partition coefficient (Wildman–Crippen LogP) is 4.02. The van der Waals surface area contributed by atoms with Crippen molar-refractivity contribution in [1.29, 1.82) is 0 Å². The molecule has 1 N–H and O–H groups in total. The molecule has 0 spiro atoms. The fourth-order valence-electron chi connectivity index (χ4n) is 1.93. The SMILES string of the molecule is CCCc1cc2cc(F)cc(Cl)c2nc1NC. The number of anilines is 1. The normalized spacial score (nSPS) is 10.8. The number of halogens is 2. The van der Waals surface area contributed by atoms with Crippen LogP contribution in [0.2, 0.25) is 5.02 Å². The van der Waals surface area contributed by atoms with Gasteiger partial charge in [-0.15, -0.1) is 0 Å². The van der Waals surface area contributed by atoms with Crippen molar-refractivity contribution in [2.24, 2.45) is 0 Å². The molecular formula is C13H14ClFN2. The zero-order valence-electron chi connectivity index (χ0n) is 9.85. The van der Waals surface area contributed by atoms with Crippen LogP contribution in [0.25, 0.3) is 10.9 Å². The Morgan fingerprint density at radius 1 is 1.35 bits per heavy atom. The number of nitrogens with zero attached hydrogens (tertiary/aromatic N) is 1. The molecule has 90 valence electrons. The minimum absolute atomic E-state index is 0.330. The molecule has 0 amide bonds. The van der Waals surface area contributed by atoms with Gasteiger partial charge in [-0.25, -0.2) is 9.37 Å². The number of fused-ring (bicyclic) bond motifs is 1. The minimum Gasteiger partial charge on any atom is -0.373 e. The molecule has 0 fully saturated rings. The maximum absolute atomic E-state index is 13.3. The van der Waals surface area contributed by atoms with E-state index in [1.54, 1.807) is 0 Å². The molecule has 2 aromatic rings. The standard InChI is InChI=1S/C13H14ClFN2/c1-3-4-8-5-9-6-10(15)7-11(14)12(9)17-13(8)16-2/h5-7H,3-4H2,1-2H3,(H,16,17). The molecule has 1 heterocycles. The van der Waals surface area contributed by atoms with E-state index in [0.717, 1.165) is 29.6 Å². The lowest BCUT2D eigenvalue weighted by Crippen LogP contribution is -1.99. The first-order valence-corrected chi connectivity index (χ1v) is 6.00. The average molecular weight is 253 g/mol. The van der Waals surface area contributed by atoms with Gasteiger partial charge in [0.15, 0.2) is 0 Å². The number of nitrogens with one attached hydrogen (secondary N) is 1. The molecule has 2 nitrogen and oxygen atoms in total. The highest BCUT2D eigenvalue weighted by Gasteiger charge is 2.09. The van der Waals surface area contributed by atoms with Gasteiger partial charge in [0.2, 0.25) is 0 Å². The number of hydrogen-bond donors (Lipinski definition) is 1. The second kappa shape index (κ2) is 4.88. The third kappa shape index (κ3) is 2.34. The largest absolute Gasteiger partial charge is 0.373 e. The van der Waals surface area contributed by atoms with Crippen LogP contribution in [-0.2, 0) is 6.42 Å². The maximum Gasteiger partial charge on any atom is 0.129 e. The summed E-state index contributed by atoms with van der Waals surface area (Å²) in [6.45, 7) is 2.10. The zero-order valence-corrected chi connectivity index (χ0v) is 10.6. The van der Waals surface area contributed by atoms with Crippen molar-refractivity contribution < 1.29 is 4.39 Å². The van der Waals surface area contributed by atoms with Gasteiger partial charge in [0.25, 0.3) is 0 Å². The summed E-state index contributed by atoms with van der Waals surface area (Å²) in [5.41, 5.74) is 1.72. The van der Waals surface area contributed by atoms with Crippen LogP contribution in [0.5, 0.6) is 0 Å². The van der Waals surface area contributed by atoms with Crippen molar-refractivity contribution >= 4 is 28.3 Å². The van der Waals surface area contributed by atoms with Crippen LogP contribution in [0.4, 0.5) is 10.2 Å². The molecule has 4 heteroatoms. The van der Waals surface area contributed by atoms with E-state index in [0.29, 0.717) is 10.5 Å². The van der Waals surface area contributed by atoms with Gasteiger partial charge in [-0.1, -0.05) is 24.9 Å². The Kier molecular flexibility index (Phi) is 3.48. The molecular weight excluding hydrogens is 239 g/mol. The summed E-state index contributed by atoms with van der Waals surface area (Å²) in [6, 6.07) is 4.70. The summed E-state index contributed by atoms with van der Waals surface area (Å²) >= 11 is 5.99. The third-order valence-electron chi connectivity index (χ3n) is 2.67. The first-order chi connectivity index (χ1) is 8.15. The molecule has 0 aliphatic carbocycles. The van der Waals surface area contributed by atoms with Gasteiger partial charge in [0.05, 0.1) is 10.5 Å². The van der Waals surface area contributed by atoms with E-state index in [1.165, 1.54) is 12.1 Å². The van der Waals surface area contributed by atoms with Crippen molar-refractivity contribution in [1.82, 2.24) is 4.98 Å². The topological polar surface area (TPSA) is 24.9 Å². The van der Waals surface area contributed by atoms with Crippen LogP contribution in [0.1, 0.15) is 18.9 Å². The van der Waals surface area contributed by atoms with Crippen LogP contribution in [0.15, 0.2) is 18.2 Å². The summed E-state index contributed by atoms with van der Waals surface area (Å²) in [5, 5.41) is 4.15. The van der Waals surface area contributed by atoms with Gasteiger partial charge in [0, 0.05) is 12.4 Å². The van der Waals surface area contributed by atoms with Crippen molar-refractivity contribution in [3.05, 3.63) is 34.6 Å². The van der Waals surface area contributed by atoms with Crippen LogP contribution < -0.4 is 5.32 Å². The van der Waals surface area contributed by atoms with Gasteiger partial charge in [0.1, 0.15) is 11.6 Å². The van der Waals surface area contributed by atoms with Gasteiger partial charge in [-0.2, -0.15) is 0 Å². The lowest BCUT2D eigenvalue weighted by Gasteiger charge is -2.10. The number of benzene rings is 1. The molecule has 17 heavy (non-hydrogen) atoms. The lowest BCUT2D eigenvalue weighted by molar-refractivity contribution is 0.629. The molecule has 0 aliphatic rings. The fraction of sp³-hybridized carbons (Fsp3) is 0.308. The van der Waals surface area contributed by atoms with Crippen molar-refractivity contribution in [3.8, 4) is 0 Å². The van der Waals surface area contributed by atoms with E-state index in [4.69, 9.17) is 11.6 Å². The Morgan fingerprint density at radius 2 is 2.12 bits per heavy atom. The summed E-state index contributed by atoms with van der Waals surface area (Å²) in [4.78, 5) is 4.44. The monoisotopic (exact) mass is 252 g/mol. The molecule has 1 aromatic heterocycles. The summed E-state index contributed by atoms with van der Waals surface area (Å²) in [5.74, 6) is 0.483. The minimum atomic E-state index is -0.330. The Labute approximate surface area is 105 Å². The van der Waals surface area contributed by atoms with Crippen molar-refractivity contribution in [2.75, 3.05) is 12.4 Å². The molecule has 0 atom stereocenters. The smallest absolute Gasteiger partial charge is 0.129 e. The molecule has 1 aromatic carbocycles. The van der Waals surface area contributed by atoms with Gasteiger partial charge < -0.3 is 5.32 Å².